The van der Waals surface area contributed by atoms with Crippen LogP contribution in [0, 0.1) is 0 Å². The van der Waals surface area contributed by atoms with Gasteiger partial charge >= 0.3 is 0 Å². The first-order chi connectivity index (χ1) is 13.2. The van der Waals surface area contributed by atoms with Crippen LogP contribution in [-0.4, -0.2) is 4.98 Å². The number of rotatable bonds is 0. The van der Waals surface area contributed by atoms with Crippen molar-refractivity contribution in [1.82, 2.24) is 4.98 Å². The number of nitrogens with zero attached hydrogens (tertiary/aromatic N) is 1. The Hall–Kier alpha value is -3.19. The van der Waals surface area contributed by atoms with Gasteiger partial charge in [0.2, 0.25) is 0 Å². The van der Waals surface area contributed by atoms with E-state index >= 15 is 0 Å². The van der Waals surface area contributed by atoms with Gasteiger partial charge in [0.05, 0.1) is 5.69 Å². The van der Waals surface area contributed by atoms with Crippen LogP contribution in [0.2, 0.25) is 0 Å². The van der Waals surface area contributed by atoms with E-state index in [1.807, 2.05) is 6.20 Å². The molecular weight excluding hydrogens is 326 g/mol. The zero-order valence-corrected chi connectivity index (χ0v) is 15.5. The molecule has 0 bridgehead atoms. The smallest absolute Gasteiger partial charge is 0.0786 e. The third-order valence-corrected chi connectivity index (χ3v) is 6.30. The van der Waals surface area contributed by atoms with E-state index in [2.05, 4.69) is 86.6 Å². The fraction of sp³-hybridized carbons (Fsp3) is 0.115. The lowest BCUT2D eigenvalue weighted by Crippen LogP contribution is -2.24. The third-order valence-electron chi connectivity index (χ3n) is 6.30. The zero-order valence-electron chi connectivity index (χ0n) is 15.5. The fourth-order valence-electron chi connectivity index (χ4n) is 4.94. The van der Waals surface area contributed by atoms with Gasteiger partial charge in [-0.3, -0.25) is 4.98 Å². The third kappa shape index (κ3) is 1.81. The molecule has 128 valence electrons. The minimum atomic E-state index is -0.0595. The van der Waals surface area contributed by atoms with Gasteiger partial charge in [0, 0.05) is 22.6 Å². The van der Waals surface area contributed by atoms with Crippen molar-refractivity contribution in [2.24, 2.45) is 0 Å². The molecule has 0 unspecified atom stereocenters. The van der Waals surface area contributed by atoms with Crippen LogP contribution < -0.4 is 0 Å². The molecule has 5 aromatic rings. The van der Waals surface area contributed by atoms with Gasteiger partial charge in [-0.15, -0.1) is 0 Å². The first-order valence-corrected chi connectivity index (χ1v) is 9.50. The van der Waals surface area contributed by atoms with Crippen molar-refractivity contribution < 1.29 is 0 Å². The zero-order chi connectivity index (χ0) is 18.2. The van der Waals surface area contributed by atoms with Gasteiger partial charge in [0.1, 0.15) is 0 Å². The van der Waals surface area contributed by atoms with Gasteiger partial charge in [-0.25, -0.2) is 0 Å². The molecule has 0 saturated carbocycles. The van der Waals surface area contributed by atoms with Crippen LogP contribution in [0.1, 0.15) is 25.0 Å². The van der Waals surface area contributed by atoms with Crippen molar-refractivity contribution in [3.63, 3.8) is 0 Å². The maximum atomic E-state index is 4.81. The lowest BCUT2D eigenvalue weighted by atomic mass is 9.69. The Bertz CT molecular complexity index is 1390. The van der Waals surface area contributed by atoms with Gasteiger partial charge in [-0.2, -0.15) is 0 Å². The highest BCUT2D eigenvalue weighted by atomic mass is 14.7. The van der Waals surface area contributed by atoms with Crippen molar-refractivity contribution in [3.8, 4) is 11.3 Å². The number of aromatic nitrogens is 1. The first-order valence-electron chi connectivity index (χ1n) is 9.50. The van der Waals surface area contributed by atoms with Gasteiger partial charge in [-0.1, -0.05) is 74.5 Å². The summed E-state index contributed by atoms with van der Waals surface area (Å²) in [6.07, 6.45) is 1.96. The van der Waals surface area contributed by atoms with Crippen LogP contribution in [0.3, 0.4) is 0 Å². The van der Waals surface area contributed by atoms with E-state index in [9.17, 15) is 0 Å². The summed E-state index contributed by atoms with van der Waals surface area (Å²) < 4.78 is 0. The largest absolute Gasteiger partial charge is 0.256 e. The average molecular weight is 345 g/mol. The maximum Gasteiger partial charge on any atom is 0.0786 e. The minimum absolute atomic E-state index is 0.0595. The molecule has 0 spiro atoms. The summed E-state index contributed by atoms with van der Waals surface area (Å²) in [4.78, 5) is 4.81. The first kappa shape index (κ1) is 14.9. The lowest BCUT2D eigenvalue weighted by Gasteiger charge is -2.35. The molecule has 1 heterocycles. The molecular formula is C26H19N. The predicted molar refractivity (Wildman–Crippen MR) is 114 cm³/mol. The van der Waals surface area contributed by atoms with E-state index in [1.54, 1.807) is 0 Å². The molecule has 0 aliphatic heterocycles. The summed E-state index contributed by atoms with van der Waals surface area (Å²) in [6.45, 7) is 4.68. The summed E-state index contributed by atoms with van der Waals surface area (Å²) in [6, 6.07) is 26.5. The molecule has 0 amide bonds. The van der Waals surface area contributed by atoms with Gasteiger partial charge in [-0.05, 0) is 50.2 Å². The second-order valence-electron chi connectivity index (χ2n) is 8.06. The SMILES string of the molecule is CC1(C)c2ccccc2-c2nccc3c2c1cc1c2ccccc2ccc31. The van der Waals surface area contributed by atoms with Gasteiger partial charge < -0.3 is 0 Å². The quantitative estimate of drug-likeness (QED) is 0.280. The monoisotopic (exact) mass is 345 g/mol. The van der Waals surface area contributed by atoms with E-state index in [-0.39, 0.29) is 5.41 Å². The molecule has 4 aromatic carbocycles. The molecule has 1 heteroatoms. The van der Waals surface area contributed by atoms with Gasteiger partial charge in [0.25, 0.3) is 0 Å². The molecule has 0 fully saturated rings. The minimum Gasteiger partial charge on any atom is -0.256 e. The molecule has 1 aliphatic rings. The molecule has 6 rings (SSSR count). The standard InChI is InChI=1S/C26H19N/c1-26(2)22-10-6-5-9-20(22)25-24-19(13-14-27-25)18-12-11-16-7-3-4-8-17(16)21(18)15-23(24)26/h3-15H,1-2H3. The van der Waals surface area contributed by atoms with E-state index < -0.39 is 0 Å². The average Bonchev–Trinajstić information content (AvgIpc) is 2.71. The highest BCUT2D eigenvalue weighted by Gasteiger charge is 2.34. The predicted octanol–water partition coefficient (Wildman–Crippen LogP) is 6.85. The summed E-state index contributed by atoms with van der Waals surface area (Å²) in [5.41, 5.74) is 5.06. The van der Waals surface area contributed by atoms with Crippen LogP contribution >= 0.6 is 0 Å². The number of fused-ring (bicyclic) bond motifs is 6. The second kappa shape index (κ2) is 4.95. The number of pyridine rings is 1. The van der Waals surface area contributed by atoms with Crippen LogP contribution in [0.5, 0.6) is 0 Å². The lowest BCUT2D eigenvalue weighted by molar-refractivity contribution is 0.645. The second-order valence-corrected chi connectivity index (χ2v) is 8.06. The fourth-order valence-corrected chi connectivity index (χ4v) is 4.94. The van der Waals surface area contributed by atoms with E-state index in [0.717, 1.165) is 5.69 Å². The molecule has 27 heavy (non-hydrogen) atoms. The Morgan fingerprint density at radius 2 is 1.48 bits per heavy atom. The summed E-state index contributed by atoms with van der Waals surface area (Å²) in [5.74, 6) is 0. The highest BCUT2D eigenvalue weighted by molar-refractivity contribution is 6.21. The topological polar surface area (TPSA) is 12.9 Å². The van der Waals surface area contributed by atoms with Crippen LogP contribution in [0.25, 0.3) is 43.6 Å². The number of hydrogen-bond donors (Lipinski definition) is 0. The Morgan fingerprint density at radius 3 is 2.41 bits per heavy atom. The van der Waals surface area contributed by atoms with Crippen LogP contribution in [-0.2, 0) is 5.41 Å². The van der Waals surface area contributed by atoms with E-state index in [1.165, 1.54) is 49.0 Å². The Balaban J connectivity index is 1.91. The van der Waals surface area contributed by atoms with Crippen molar-refractivity contribution >= 4 is 32.3 Å². The summed E-state index contributed by atoms with van der Waals surface area (Å²) in [7, 11) is 0. The summed E-state index contributed by atoms with van der Waals surface area (Å²) in [5, 5.41) is 7.87. The van der Waals surface area contributed by atoms with E-state index in [4.69, 9.17) is 4.98 Å². The maximum absolute atomic E-state index is 4.81. The van der Waals surface area contributed by atoms with Crippen molar-refractivity contribution in [2.45, 2.75) is 19.3 Å². The molecule has 1 aromatic heterocycles. The summed E-state index contributed by atoms with van der Waals surface area (Å²) >= 11 is 0. The van der Waals surface area contributed by atoms with Crippen molar-refractivity contribution in [2.75, 3.05) is 0 Å². The molecule has 0 saturated heterocycles. The Kier molecular flexibility index (Phi) is 2.74. The normalized spacial score (nSPS) is 14.6. The molecule has 0 radical (unpaired) electrons. The molecule has 1 aliphatic carbocycles. The van der Waals surface area contributed by atoms with Crippen molar-refractivity contribution in [3.05, 3.63) is 90.1 Å². The Morgan fingerprint density at radius 1 is 0.667 bits per heavy atom. The van der Waals surface area contributed by atoms with Crippen molar-refractivity contribution in [1.29, 1.82) is 0 Å². The van der Waals surface area contributed by atoms with E-state index in [0.29, 0.717) is 0 Å². The van der Waals surface area contributed by atoms with Gasteiger partial charge in [0.15, 0.2) is 0 Å². The number of benzene rings is 4. The number of hydrogen-bond acceptors (Lipinski definition) is 1. The Labute approximate surface area is 158 Å². The van der Waals surface area contributed by atoms with Crippen LogP contribution in [0.15, 0.2) is 79.0 Å². The molecule has 1 nitrogen and oxygen atoms in total. The molecule has 0 N–H and O–H groups in total. The highest BCUT2D eigenvalue weighted by Crippen LogP contribution is 2.49. The molecule has 0 atom stereocenters. The van der Waals surface area contributed by atoms with Crippen LogP contribution in [0.4, 0.5) is 0 Å².